The van der Waals surface area contributed by atoms with E-state index in [-0.39, 0.29) is 30.3 Å². The van der Waals surface area contributed by atoms with Crippen LogP contribution in [0.15, 0.2) is 72.9 Å². The summed E-state index contributed by atoms with van der Waals surface area (Å²) in [4.78, 5) is 23.3. The number of fused-ring (bicyclic) bond motifs is 1. The minimum absolute atomic E-state index is 0.0663. The molecule has 0 radical (unpaired) electrons. The molecule has 1 atom stereocenters. The second-order valence-corrected chi connectivity index (χ2v) is 12.5. The van der Waals surface area contributed by atoms with E-state index in [2.05, 4.69) is 73.2 Å². The standard InChI is InChI=1S/C35H41N3O3/c1-35(2,3)30-16-13-25(14-17-30)28-15-18-31-29(22-28)23-37-38(31)32(21-24-7-5-4-6-8-24)26-9-11-27(12-10-26)34(41)36-20-19-33(39)40/h9-18,22-24,32H,4-8,19-21H2,1-3H3,(H,36,41)(H,39,40). The lowest BCUT2D eigenvalue weighted by Gasteiger charge is -2.28. The zero-order chi connectivity index (χ0) is 29.0. The quantitative estimate of drug-likeness (QED) is 0.223. The van der Waals surface area contributed by atoms with Crippen LogP contribution >= 0.6 is 0 Å². The largest absolute Gasteiger partial charge is 0.481 e. The normalized spacial score (nSPS) is 15.1. The van der Waals surface area contributed by atoms with Gasteiger partial charge in [-0.15, -0.1) is 0 Å². The van der Waals surface area contributed by atoms with E-state index in [4.69, 9.17) is 10.2 Å². The van der Waals surface area contributed by atoms with Crippen LogP contribution in [0, 0.1) is 5.92 Å². The highest BCUT2D eigenvalue weighted by Crippen LogP contribution is 2.36. The first-order valence-corrected chi connectivity index (χ1v) is 14.9. The highest BCUT2D eigenvalue weighted by atomic mass is 16.4. The lowest BCUT2D eigenvalue weighted by atomic mass is 9.83. The zero-order valence-electron chi connectivity index (χ0n) is 24.4. The molecule has 41 heavy (non-hydrogen) atoms. The van der Waals surface area contributed by atoms with Gasteiger partial charge >= 0.3 is 5.97 Å². The van der Waals surface area contributed by atoms with Crippen LogP contribution in [0.3, 0.4) is 0 Å². The number of rotatable bonds is 9. The van der Waals surface area contributed by atoms with Crippen molar-refractivity contribution >= 4 is 22.8 Å². The lowest BCUT2D eigenvalue weighted by Crippen LogP contribution is -2.26. The monoisotopic (exact) mass is 551 g/mol. The molecule has 3 aromatic carbocycles. The van der Waals surface area contributed by atoms with Gasteiger partial charge in [-0.3, -0.25) is 14.3 Å². The molecular weight excluding hydrogens is 510 g/mol. The topological polar surface area (TPSA) is 84.2 Å². The third-order valence-corrected chi connectivity index (χ3v) is 8.44. The molecule has 0 spiro atoms. The predicted octanol–water partition coefficient (Wildman–Crippen LogP) is 7.77. The van der Waals surface area contributed by atoms with Gasteiger partial charge in [-0.25, -0.2) is 0 Å². The number of hydrogen-bond donors (Lipinski definition) is 2. The first kappa shape index (κ1) is 28.6. The van der Waals surface area contributed by atoms with Crippen LogP contribution in [0.4, 0.5) is 0 Å². The van der Waals surface area contributed by atoms with Gasteiger partial charge in [0.1, 0.15) is 0 Å². The smallest absolute Gasteiger partial charge is 0.305 e. The maximum atomic E-state index is 12.5. The van der Waals surface area contributed by atoms with Gasteiger partial charge in [-0.1, -0.05) is 95.3 Å². The number of nitrogens with one attached hydrogen (secondary N) is 1. The Morgan fingerprint density at radius 3 is 2.29 bits per heavy atom. The average molecular weight is 552 g/mol. The number of carboxylic acid groups (broad SMARTS) is 1. The summed E-state index contributed by atoms with van der Waals surface area (Å²) in [5.74, 6) is -0.537. The Balaban J connectivity index is 1.42. The number of aliphatic carboxylic acids is 1. The van der Waals surface area contributed by atoms with Crippen molar-refractivity contribution in [3.05, 3.63) is 89.6 Å². The second-order valence-electron chi connectivity index (χ2n) is 12.5. The number of carboxylic acids is 1. The fourth-order valence-corrected chi connectivity index (χ4v) is 6.00. The Morgan fingerprint density at radius 1 is 0.951 bits per heavy atom. The maximum Gasteiger partial charge on any atom is 0.305 e. The van der Waals surface area contributed by atoms with Crippen LogP contribution in [0.1, 0.15) is 93.2 Å². The predicted molar refractivity (Wildman–Crippen MR) is 164 cm³/mol. The molecule has 1 saturated carbocycles. The van der Waals surface area contributed by atoms with Gasteiger partial charge < -0.3 is 10.4 Å². The fraction of sp³-hybridized carbons (Fsp3) is 0.400. The first-order chi connectivity index (χ1) is 19.7. The minimum Gasteiger partial charge on any atom is -0.481 e. The Labute approximate surface area is 242 Å². The molecule has 0 bridgehead atoms. The molecule has 6 nitrogen and oxygen atoms in total. The van der Waals surface area contributed by atoms with E-state index in [1.165, 1.54) is 48.8 Å². The molecule has 2 N–H and O–H groups in total. The second kappa shape index (κ2) is 12.3. The molecule has 1 aromatic heterocycles. The van der Waals surface area contributed by atoms with E-state index in [0.29, 0.717) is 11.5 Å². The number of hydrogen-bond acceptors (Lipinski definition) is 3. The number of nitrogens with zero attached hydrogens (tertiary/aromatic N) is 2. The lowest BCUT2D eigenvalue weighted by molar-refractivity contribution is -0.136. The Hall–Kier alpha value is -3.93. The Bertz CT molecular complexity index is 1490. The summed E-state index contributed by atoms with van der Waals surface area (Å²) in [5, 5.41) is 17.6. The van der Waals surface area contributed by atoms with Crippen molar-refractivity contribution in [3.63, 3.8) is 0 Å². The van der Waals surface area contributed by atoms with Crippen LogP contribution in [0.2, 0.25) is 0 Å². The van der Waals surface area contributed by atoms with Crippen LogP contribution in [0.25, 0.3) is 22.0 Å². The minimum atomic E-state index is -0.928. The molecule has 1 aliphatic carbocycles. The summed E-state index contributed by atoms with van der Waals surface area (Å²) < 4.78 is 2.17. The maximum absolute atomic E-state index is 12.5. The molecule has 0 aliphatic heterocycles. The number of aromatic nitrogens is 2. The third-order valence-electron chi connectivity index (χ3n) is 8.44. The van der Waals surface area contributed by atoms with Crippen molar-refractivity contribution in [2.75, 3.05) is 6.54 Å². The molecule has 1 heterocycles. The van der Waals surface area contributed by atoms with Crippen molar-refractivity contribution < 1.29 is 14.7 Å². The van der Waals surface area contributed by atoms with Crippen molar-refractivity contribution in [1.29, 1.82) is 0 Å². The van der Waals surface area contributed by atoms with Gasteiger partial charge in [-0.05, 0) is 64.3 Å². The van der Waals surface area contributed by atoms with Crippen LogP contribution < -0.4 is 5.32 Å². The molecule has 1 fully saturated rings. The van der Waals surface area contributed by atoms with E-state index < -0.39 is 5.97 Å². The van der Waals surface area contributed by atoms with Crippen LogP contribution in [-0.4, -0.2) is 33.3 Å². The molecule has 6 heteroatoms. The summed E-state index contributed by atoms with van der Waals surface area (Å²) in [6, 6.07) is 23.3. The SMILES string of the molecule is CC(C)(C)c1ccc(-c2ccc3c(cnn3C(CC3CCCCC3)c3ccc(C(=O)NCCC(=O)O)cc3)c2)cc1. The van der Waals surface area contributed by atoms with Gasteiger partial charge in [0, 0.05) is 17.5 Å². The van der Waals surface area contributed by atoms with Crippen LogP contribution in [0.5, 0.6) is 0 Å². The molecule has 5 rings (SSSR count). The van der Waals surface area contributed by atoms with Crippen molar-refractivity contribution in [2.24, 2.45) is 5.92 Å². The molecule has 1 aliphatic rings. The Kier molecular flexibility index (Phi) is 8.57. The number of amides is 1. The third kappa shape index (κ3) is 6.87. The fourth-order valence-electron chi connectivity index (χ4n) is 6.00. The molecule has 0 saturated heterocycles. The number of carbonyl (C=O) groups excluding carboxylic acids is 1. The van der Waals surface area contributed by atoms with E-state index in [1.54, 1.807) is 0 Å². The number of benzene rings is 3. The summed E-state index contributed by atoms with van der Waals surface area (Å²) >= 11 is 0. The summed E-state index contributed by atoms with van der Waals surface area (Å²) in [6.45, 7) is 6.81. The van der Waals surface area contributed by atoms with Gasteiger partial charge in [0.25, 0.3) is 5.91 Å². The Morgan fingerprint density at radius 2 is 1.63 bits per heavy atom. The van der Waals surface area contributed by atoms with Gasteiger partial charge in [0.2, 0.25) is 0 Å². The summed E-state index contributed by atoms with van der Waals surface area (Å²) in [7, 11) is 0. The van der Waals surface area contributed by atoms with Crippen LogP contribution in [-0.2, 0) is 10.2 Å². The first-order valence-electron chi connectivity index (χ1n) is 14.9. The molecule has 1 unspecified atom stereocenters. The molecule has 214 valence electrons. The number of carbonyl (C=O) groups is 2. The molecule has 1 amide bonds. The highest BCUT2D eigenvalue weighted by molar-refractivity contribution is 5.94. The van der Waals surface area contributed by atoms with E-state index >= 15 is 0 Å². The van der Waals surface area contributed by atoms with Crippen molar-refractivity contribution in [3.8, 4) is 11.1 Å². The zero-order valence-corrected chi connectivity index (χ0v) is 24.4. The molecule has 4 aromatic rings. The summed E-state index contributed by atoms with van der Waals surface area (Å²) in [6.07, 6.45) is 9.26. The van der Waals surface area contributed by atoms with E-state index in [0.717, 1.165) is 22.9 Å². The van der Waals surface area contributed by atoms with Gasteiger partial charge in [-0.2, -0.15) is 5.10 Å². The van der Waals surface area contributed by atoms with Crippen molar-refractivity contribution in [2.45, 2.75) is 77.2 Å². The molecular formula is C35H41N3O3. The van der Waals surface area contributed by atoms with E-state index in [1.807, 2.05) is 30.5 Å². The summed E-state index contributed by atoms with van der Waals surface area (Å²) in [5.41, 5.74) is 6.59. The average Bonchev–Trinajstić information content (AvgIpc) is 3.39. The van der Waals surface area contributed by atoms with Crippen molar-refractivity contribution in [1.82, 2.24) is 15.1 Å². The van der Waals surface area contributed by atoms with Gasteiger partial charge in [0.05, 0.1) is 24.2 Å². The van der Waals surface area contributed by atoms with E-state index in [9.17, 15) is 9.59 Å². The van der Waals surface area contributed by atoms with Gasteiger partial charge in [0.15, 0.2) is 0 Å². The highest BCUT2D eigenvalue weighted by Gasteiger charge is 2.24.